The lowest BCUT2D eigenvalue weighted by molar-refractivity contribution is 0.0711. The number of carbonyl (C=O) groups excluding carboxylic acids is 1. The maximum Gasteiger partial charge on any atom is 0.265 e. The molecule has 16 heavy (non-hydrogen) atoms. The van der Waals surface area contributed by atoms with Gasteiger partial charge in [-0.25, -0.2) is 4.98 Å². The topological polar surface area (TPSA) is 33.2 Å². The number of amides is 1. The van der Waals surface area contributed by atoms with Gasteiger partial charge in [-0.2, -0.15) is 0 Å². The Kier molecular flexibility index (Phi) is 5.22. The standard InChI is InChI=1S/C11H17ClN2OS/c1-8(2)14(6-4-5-12)11(15)10-7-13-9(3)16-10/h7-8H,4-6H2,1-3H3. The van der Waals surface area contributed by atoms with Crippen molar-refractivity contribution in [2.75, 3.05) is 12.4 Å². The molecule has 5 heteroatoms. The van der Waals surface area contributed by atoms with E-state index in [9.17, 15) is 4.79 Å². The van der Waals surface area contributed by atoms with Crippen molar-refractivity contribution < 1.29 is 4.79 Å². The van der Waals surface area contributed by atoms with E-state index in [-0.39, 0.29) is 11.9 Å². The van der Waals surface area contributed by atoms with Crippen molar-refractivity contribution in [3.8, 4) is 0 Å². The van der Waals surface area contributed by atoms with Gasteiger partial charge in [0.15, 0.2) is 0 Å². The summed E-state index contributed by atoms with van der Waals surface area (Å²) < 4.78 is 0. The second-order valence-electron chi connectivity index (χ2n) is 3.88. The number of rotatable bonds is 5. The van der Waals surface area contributed by atoms with Gasteiger partial charge >= 0.3 is 0 Å². The summed E-state index contributed by atoms with van der Waals surface area (Å²) in [7, 11) is 0. The number of hydrogen-bond donors (Lipinski definition) is 0. The lowest BCUT2D eigenvalue weighted by Crippen LogP contribution is -2.37. The quantitative estimate of drug-likeness (QED) is 0.763. The molecule has 1 rings (SSSR count). The van der Waals surface area contributed by atoms with Crippen LogP contribution in [0.5, 0.6) is 0 Å². The SMILES string of the molecule is Cc1ncc(C(=O)N(CCCCl)C(C)C)s1. The number of aryl methyl sites for hydroxylation is 1. The Bertz CT molecular complexity index is 352. The van der Waals surface area contributed by atoms with E-state index in [2.05, 4.69) is 4.98 Å². The summed E-state index contributed by atoms with van der Waals surface area (Å²) in [5.74, 6) is 0.642. The molecule has 0 aliphatic rings. The highest BCUT2D eigenvalue weighted by Crippen LogP contribution is 2.16. The smallest absolute Gasteiger partial charge is 0.265 e. The van der Waals surface area contributed by atoms with Crippen LogP contribution in [-0.4, -0.2) is 34.3 Å². The molecule has 1 aromatic heterocycles. The Balaban J connectivity index is 2.74. The van der Waals surface area contributed by atoms with Crippen LogP contribution >= 0.6 is 22.9 Å². The zero-order valence-corrected chi connectivity index (χ0v) is 11.4. The average Bonchev–Trinajstić information content (AvgIpc) is 2.64. The predicted octanol–water partition coefficient (Wildman–Crippen LogP) is 2.93. The Labute approximate surface area is 105 Å². The Hall–Kier alpha value is -0.610. The molecule has 0 bridgehead atoms. The second kappa shape index (κ2) is 6.21. The highest BCUT2D eigenvalue weighted by molar-refractivity contribution is 7.13. The molecule has 1 amide bonds. The lowest BCUT2D eigenvalue weighted by atomic mass is 10.2. The van der Waals surface area contributed by atoms with Crippen LogP contribution in [0.1, 0.15) is 34.9 Å². The van der Waals surface area contributed by atoms with Gasteiger partial charge in [-0.3, -0.25) is 4.79 Å². The van der Waals surface area contributed by atoms with Gasteiger partial charge in [0.1, 0.15) is 4.88 Å². The van der Waals surface area contributed by atoms with E-state index >= 15 is 0 Å². The van der Waals surface area contributed by atoms with Gasteiger partial charge in [-0.05, 0) is 27.2 Å². The number of halogens is 1. The first-order valence-electron chi connectivity index (χ1n) is 5.35. The largest absolute Gasteiger partial charge is 0.335 e. The molecule has 0 radical (unpaired) electrons. The number of alkyl halides is 1. The van der Waals surface area contributed by atoms with Gasteiger partial charge in [-0.1, -0.05) is 0 Å². The summed E-state index contributed by atoms with van der Waals surface area (Å²) in [6, 6.07) is 0.193. The Morgan fingerprint density at radius 1 is 1.62 bits per heavy atom. The molecule has 0 N–H and O–H groups in total. The van der Waals surface area contributed by atoms with E-state index in [4.69, 9.17) is 11.6 Å². The molecule has 0 unspecified atom stereocenters. The fourth-order valence-electron chi connectivity index (χ4n) is 1.43. The molecule has 0 aliphatic heterocycles. The monoisotopic (exact) mass is 260 g/mol. The summed E-state index contributed by atoms with van der Waals surface area (Å²) in [6.45, 7) is 6.64. The number of carbonyl (C=O) groups is 1. The highest BCUT2D eigenvalue weighted by atomic mass is 35.5. The minimum Gasteiger partial charge on any atom is -0.335 e. The Morgan fingerprint density at radius 3 is 2.75 bits per heavy atom. The Morgan fingerprint density at radius 2 is 2.31 bits per heavy atom. The molecule has 0 aliphatic carbocycles. The van der Waals surface area contributed by atoms with Gasteiger partial charge in [0.25, 0.3) is 5.91 Å². The van der Waals surface area contributed by atoms with Crippen molar-refractivity contribution in [1.82, 2.24) is 9.88 Å². The van der Waals surface area contributed by atoms with Crippen molar-refractivity contribution in [3.05, 3.63) is 16.1 Å². The van der Waals surface area contributed by atoms with Crippen molar-refractivity contribution in [2.45, 2.75) is 33.2 Å². The van der Waals surface area contributed by atoms with Gasteiger partial charge < -0.3 is 4.90 Å². The van der Waals surface area contributed by atoms with Crippen molar-refractivity contribution >= 4 is 28.8 Å². The van der Waals surface area contributed by atoms with Gasteiger partial charge in [0.2, 0.25) is 0 Å². The van der Waals surface area contributed by atoms with E-state index in [0.29, 0.717) is 17.3 Å². The van der Waals surface area contributed by atoms with Crippen LogP contribution in [0, 0.1) is 6.92 Å². The minimum atomic E-state index is 0.0608. The van der Waals surface area contributed by atoms with Crippen LogP contribution in [0.2, 0.25) is 0 Å². The third-order valence-electron chi connectivity index (χ3n) is 2.25. The van der Waals surface area contributed by atoms with Crippen molar-refractivity contribution in [1.29, 1.82) is 0 Å². The van der Waals surface area contributed by atoms with E-state index in [1.54, 1.807) is 6.20 Å². The summed E-state index contributed by atoms with van der Waals surface area (Å²) in [6.07, 6.45) is 2.47. The molecule has 0 saturated carbocycles. The molecule has 1 aromatic rings. The molecular formula is C11H17ClN2OS. The van der Waals surface area contributed by atoms with Crippen molar-refractivity contribution in [3.63, 3.8) is 0 Å². The normalized spacial score (nSPS) is 10.8. The van der Waals surface area contributed by atoms with Gasteiger partial charge in [0.05, 0.1) is 11.2 Å². The highest BCUT2D eigenvalue weighted by Gasteiger charge is 2.19. The fourth-order valence-corrected chi connectivity index (χ4v) is 2.28. The zero-order valence-electron chi connectivity index (χ0n) is 9.86. The van der Waals surface area contributed by atoms with E-state index in [0.717, 1.165) is 11.4 Å². The van der Waals surface area contributed by atoms with E-state index in [1.807, 2.05) is 25.7 Å². The van der Waals surface area contributed by atoms with Gasteiger partial charge in [0, 0.05) is 18.5 Å². The van der Waals surface area contributed by atoms with Crippen LogP contribution in [-0.2, 0) is 0 Å². The maximum atomic E-state index is 12.2. The van der Waals surface area contributed by atoms with Gasteiger partial charge in [-0.15, -0.1) is 22.9 Å². The third kappa shape index (κ3) is 3.46. The molecule has 0 atom stereocenters. The first kappa shape index (κ1) is 13.5. The maximum absolute atomic E-state index is 12.2. The second-order valence-corrected chi connectivity index (χ2v) is 5.49. The molecule has 0 saturated heterocycles. The first-order valence-corrected chi connectivity index (χ1v) is 6.70. The predicted molar refractivity (Wildman–Crippen MR) is 68.4 cm³/mol. The number of hydrogen-bond acceptors (Lipinski definition) is 3. The van der Waals surface area contributed by atoms with Crippen LogP contribution in [0.4, 0.5) is 0 Å². The summed E-state index contributed by atoms with van der Waals surface area (Å²) in [4.78, 5) is 18.8. The molecule has 1 heterocycles. The third-order valence-corrected chi connectivity index (χ3v) is 3.42. The van der Waals surface area contributed by atoms with Crippen molar-refractivity contribution in [2.24, 2.45) is 0 Å². The molecule has 0 aromatic carbocycles. The van der Waals surface area contributed by atoms with Crippen LogP contribution in [0.25, 0.3) is 0 Å². The first-order chi connectivity index (χ1) is 7.56. The lowest BCUT2D eigenvalue weighted by Gasteiger charge is -2.25. The van der Waals surface area contributed by atoms with Crippen LogP contribution in [0.15, 0.2) is 6.20 Å². The zero-order chi connectivity index (χ0) is 12.1. The molecule has 0 spiro atoms. The summed E-state index contributed by atoms with van der Waals surface area (Å²) >= 11 is 7.10. The molecular weight excluding hydrogens is 244 g/mol. The average molecular weight is 261 g/mol. The summed E-state index contributed by atoms with van der Waals surface area (Å²) in [5.41, 5.74) is 0. The van der Waals surface area contributed by atoms with E-state index in [1.165, 1.54) is 11.3 Å². The molecule has 3 nitrogen and oxygen atoms in total. The minimum absolute atomic E-state index is 0.0608. The molecule has 90 valence electrons. The summed E-state index contributed by atoms with van der Waals surface area (Å²) in [5, 5.41) is 0.921. The number of aromatic nitrogens is 1. The molecule has 0 fully saturated rings. The fraction of sp³-hybridized carbons (Fsp3) is 0.636. The number of thiazole rings is 1. The van der Waals surface area contributed by atoms with E-state index < -0.39 is 0 Å². The van der Waals surface area contributed by atoms with Crippen LogP contribution in [0.3, 0.4) is 0 Å². The number of nitrogens with zero attached hydrogens (tertiary/aromatic N) is 2. The van der Waals surface area contributed by atoms with Crippen LogP contribution < -0.4 is 0 Å².